The Hall–Kier alpha value is -2.97. The Bertz CT molecular complexity index is 1090. The van der Waals surface area contributed by atoms with Gasteiger partial charge in [0.2, 0.25) is 0 Å². The lowest BCUT2D eigenvalue weighted by Crippen LogP contribution is -2.48. The first-order valence-electron chi connectivity index (χ1n) is 10.4. The minimum absolute atomic E-state index is 0.0231. The first-order valence-corrected chi connectivity index (χ1v) is 11.3. The summed E-state index contributed by atoms with van der Waals surface area (Å²) < 4.78 is 24.1. The third kappa shape index (κ3) is 4.76. The van der Waals surface area contributed by atoms with E-state index in [4.69, 9.17) is 9.47 Å². The number of ether oxygens (including phenoxy) is 2. The van der Waals surface area contributed by atoms with Crippen LogP contribution in [0, 0.1) is 12.7 Å². The standard InChI is InChI=1S/C24H26FN3O3S/c1-16-22(32-23(26-16)18-5-7-19(30-2)8-6-18)24(29)28-12-10-27(11-13-28)15-17-4-9-21(31-3)20(25)14-17/h4-9,14H,10-13,15H2,1-3H3. The molecule has 8 heteroatoms. The summed E-state index contributed by atoms with van der Waals surface area (Å²) in [6.07, 6.45) is 0. The fourth-order valence-corrected chi connectivity index (χ4v) is 4.81. The monoisotopic (exact) mass is 455 g/mol. The van der Waals surface area contributed by atoms with Gasteiger partial charge < -0.3 is 14.4 Å². The Balaban J connectivity index is 1.38. The molecule has 4 rings (SSSR count). The van der Waals surface area contributed by atoms with Crippen LogP contribution in [0.5, 0.6) is 11.5 Å². The van der Waals surface area contributed by atoms with Crippen LogP contribution >= 0.6 is 11.3 Å². The quantitative estimate of drug-likeness (QED) is 0.557. The van der Waals surface area contributed by atoms with Gasteiger partial charge in [-0.25, -0.2) is 9.37 Å². The van der Waals surface area contributed by atoms with Gasteiger partial charge in [-0.2, -0.15) is 0 Å². The van der Waals surface area contributed by atoms with Gasteiger partial charge in [-0.15, -0.1) is 11.3 Å². The highest BCUT2D eigenvalue weighted by Crippen LogP contribution is 2.30. The van der Waals surface area contributed by atoms with Gasteiger partial charge in [-0.3, -0.25) is 9.69 Å². The number of rotatable bonds is 6. The third-order valence-corrected chi connectivity index (χ3v) is 6.80. The molecule has 0 saturated carbocycles. The fraction of sp³-hybridized carbons (Fsp3) is 0.333. The minimum atomic E-state index is -0.354. The van der Waals surface area contributed by atoms with Crippen LogP contribution in [0.4, 0.5) is 4.39 Å². The van der Waals surface area contributed by atoms with Crippen LogP contribution < -0.4 is 9.47 Å². The second-order valence-corrected chi connectivity index (χ2v) is 8.70. The van der Waals surface area contributed by atoms with Crippen LogP contribution in [0.25, 0.3) is 10.6 Å². The second kappa shape index (κ2) is 9.67. The fourth-order valence-electron chi connectivity index (χ4n) is 3.77. The van der Waals surface area contributed by atoms with E-state index in [0.717, 1.165) is 40.7 Å². The molecule has 0 spiro atoms. The van der Waals surface area contributed by atoms with Crippen molar-refractivity contribution in [1.29, 1.82) is 0 Å². The van der Waals surface area contributed by atoms with Gasteiger partial charge >= 0.3 is 0 Å². The number of aryl methyl sites for hydroxylation is 1. The predicted octanol–water partition coefficient (Wildman–Crippen LogP) is 4.23. The number of benzene rings is 2. The Morgan fingerprint density at radius 1 is 1.06 bits per heavy atom. The van der Waals surface area contributed by atoms with Gasteiger partial charge in [0, 0.05) is 38.3 Å². The lowest BCUT2D eigenvalue weighted by Gasteiger charge is -2.34. The number of hydrogen-bond donors (Lipinski definition) is 0. The molecule has 32 heavy (non-hydrogen) atoms. The smallest absolute Gasteiger partial charge is 0.265 e. The molecule has 0 aliphatic carbocycles. The van der Waals surface area contributed by atoms with Crippen molar-refractivity contribution in [2.24, 2.45) is 0 Å². The highest BCUT2D eigenvalue weighted by Gasteiger charge is 2.26. The van der Waals surface area contributed by atoms with Crippen molar-refractivity contribution in [2.75, 3.05) is 40.4 Å². The summed E-state index contributed by atoms with van der Waals surface area (Å²) in [5.74, 6) is 0.703. The minimum Gasteiger partial charge on any atom is -0.497 e. The molecular formula is C24H26FN3O3S. The lowest BCUT2D eigenvalue weighted by atomic mass is 10.1. The molecule has 1 aliphatic rings. The van der Waals surface area contributed by atoms with Crippen molar-refractivity contribution in [3.05, 3.63) is 64.4 Å². The molecule has 6 nitrogen and oxygen atoms in total. The van der Waals surface area contributed by atoms with E-state index >= 15 is 0 Å². The number of hydrogen-bond acceptors (Lipinski definition) is 6. The molecule has 3 aromatic rings. The van der Waals surface area contributed by atoms with E-state index < -0.39 is 0 Å². The molecule has 0 bridgehead atoms. The van der Waals surface area contributed by atoms with Gasteiger partial charge in [-0.1, -0.05) is 6.07 Å². The molecule has 0 unspecified atom stereocenters. The molecular weight excluding hydrogens is 429 g/mol. The summed E-state index contributed by atoms with van der Waals surface area (Å²) in [7, 11) is 3.09. The number of nitrogens with zero attached hydrogens (tertiary/aromatic N) is 3. The molecule has 1 amide bonds. The van der Waals surface area contributed by atoms with Crippen LogP contribution in [0.3, 0.4) is 0 Å². The van der Waals surface area contributed by atoms with E-state index in [2.05, 4.69) is 9.88 Å². The Kier molecular flexibility index (Phi) is 6.72. The molecule has 1 aliphatic heterocycles. The van der Waals surface area contributed by atoms with Gasteiger partial charge in [0.15, 0.2) is 11.6 Å². The molecule has 1 saturated heterocycles. The number of aromatic nitrogens is 1. The van der Waals surface area contributed by atoms with E-state index in [1.807, 2.05) is 42.2 Å². The first-order chi connectivity index (χ1) is 15.5. The zero-order valence-electron chi connectivity index (χ0n) is 18.4. The summed E-state index contributed by atoms with van der Waals surface area (Å²) in [6, 6.07) is 12.7. The van der Waals surface area contributed by atoms with Crippen molar-refractivity contribution in [2.45, 2.75) is 13.5 Å². The van der Waals surface area contributed by atoms with Crippen LogP contribution in [0.15, 0.2) is 42.5 Å². The SMILES string of the molecule is COc1ccc(-c2nc(C)c(C(=O)N3CCN(Cc4ccc(OC)c(F)c4)CC3)s2)cc1. The lowest BCUT2D eigenvalue weighted by molar-refractivity contribution is 0.0632. The average Bonchev–Trinajstić information content (AvgIpc) is 3.21. The third-order valence-electron chi connectivity index (χ3n) is 5.61. The van der Waals surface area contributed by atoms with Gasteiger partial charge in [0.05, 0.1) is 19.9 Å². The van der Waals surface area contributed by atoms with Gasteiger partial charge in [0.1, 0.15) is 15.6 Å². The highest BCUT2D eigenvalue weighted by atomic mass is 32.1. The summed E-state index contributed by atoms with van der Waals surface area (Å²) in [6.45, 7) is 5.26. The van der Waals surface area contributed by atoms with Gasteiger partial charge in [-0.05, 0) is 48.9 Å². The Labute approximate surface area is 191 Å². The summed E-state index contributed by atoms with van der Waals surface area (Å²) >= 11 is 1.43. The van der Waals surface area contributed by atoms with Crippen molar-refractivity contribution < 1.29 is 18.7 Å². The maximum Gasteiger partial charge on any atom is 0.265 e. The van der Waals surface area contributed by atoms with Crippen molar-refractivity contribution in [3.8, 4) is 22.1 Å². The number of methoxy groups -OCH3 is 2. The number of carbonyl (C=O) groups is 1. The molecule has 1 aromatic heterocycles. The summed E-state index contributed by atoms with van der Waals surface area (Å²) in [5, 5.41) is 0.827. The number of piperazine rings is 1. The average molecular weight is 456 g/mol. The van der Waals surface area contributed by atoms with Crippen LogP contribution in [-0.4, -0.2) is 61.1 Å². The molecule has 168 valence electrons. The topological polar surface area (TPSA) is 54.9 Å². The molecule has 2 aromatic carbocycles. The zero-order valence-corrected chi connectivity index (χ0v) is 19.2. The summed E-state index contributed by atoms with van der Waals surface area (Å²) in [4.78, 5) is 22.5. The van der Waals surface area contributed by atoms with E-state index in [-0.39, 0.29) is 17.5 Å². The maximum atomic E-state index is 14.0. The van der Waals surface area contributed by atoms with Crippen molar-refractivity contribution in [3.63, 3.8) is 0 Å². The normalized spacial score (nSPS) is 14.4. The molecule has 2 heterocycles. The van der Waals surface area contributed by atoms with Gasteiger partial charge in [0.25, 0.3) is 5.91 Å². The summed E-state index contributed by atoms with van der Waals surface area (Å²) in [5.41, 5.74) is 2.61. The molecule has 0 atom stereocenters. The Morgan fingerprint density at radius 2 is 1.78 bits per heavy atom. The molecule has 0 N–H and O–H groups in total. The Morgan fingerprint density at radius 3 is 2.41 bits per heavy atom. The molecule has 0 radical (unpaired) electrons. The van der Waals surface area contributed by atoms with E-state index in [1.165, 1.54) is 24.5 Å². The number of carbonyl (C=O) groups excluding carboxylic acids is 1. The second-order valence-electron chi connectivity index (χ2n) is 7.70. The first kappa shape index (κ1) is 22.2. The number of amides is 1. The maximum absolute atomic E-state index is 14.0. The van der Waals surface area contributed by atoms with Crippen LogP contribution in [-0.2, 0) is 6.54 Å². The molecule has 1 fully saturated rings. The van der Waals surface area contributed by atoms with E-state index in [1.54, 1.807) is 13.2 Å². The van der Waals surface area contributed by atoms with E-state index in [9.17, 15) is 9.18 Å². The van der Waals surface area contributed by atoms with Crippen molar-refractivity contribution in [1.82, 2.24) is 14.8 Å². The van der Waals surface area contributed by atoms with Crippen LogP contribution in [0.1, 0.15) is 20.9 Å². The zero-order chi connectivity index (χ0) is 22.7. The largest absolute Gasteiger partial charge is 0.497 e. The van der Waals surface area contributed by atoms with Crippen molar-refractivity contribution >= 4 is 17.2 Å². The number of halogens is 1. The van der Waals surface area contributed by atoms with E-state index in [0.29, 0.717) is 24.5 Å². The predicted molar refractivity (Wildman–Crippen MR) is 123 cm³/mol. The number of thiazole rings is 1. The van der Waals surface area contributed by atoms with Crippen LogP contribution in [0.2, 0.25) is 0 Å². The highest BCUT2D eigenvalue weighted by molar-refractivity contribution is 7.17.